The van der Waals surface area contributed by atoms with E-state index in [1.54, 1.807) is 23.5 Å². The molecule has 0 aliphatic heterocycles. The maximum atomic E-state index is 9.03. The lowest BCUT2D eigenvalue weighted by atomic mass is 10.1. The summed E-state index contributed by atoms with van der Waals surface area (Å²) in [5, 5.41) is 9.03. The van der Waals surface area contributed by atoms with E-state index in [9.17, 15) is 0 Å². The van der Waals surface area contributed by atoms with Crippen molar-refractivity contribution in [2.24, 2.45) is 5.73 Å². The summed E-state index contributed by atoms with van der Waals surface area (Å²) in [6.45, 7) is 6.11. The van der Waals surface area contributed by atoms with Crippen LogP contribution in [-0.4, -0.2) is 6.04 Å². The van der Waals surface area contributed by atoms with Crippen LogP contribution in [0.4, 0.5) is 0 Å². The Morgan fingerprint density at radius 2 is 2.05 bits per heavy atom. The SMILES string of the molecule is CCC(N)C(Oc1cc(C#N)ccc1C)c1ccc(C)s1. The first-order valence-electron chi connectivity index (χ1n) is 7.04. The van der Waals surface area contributed by atoms with E-state index in [2.05, 4.69) is 32.0 Å². The Bertz CT molecular complexity index is 657. The minimum absolute atomic E-state index is 0.0757. The highest BCUT2D eigenvalue weighted by atomic mass is 32.1. The van der Waals surface area contributed by atoms with Gasteiger partial charge in [-0.2, -0.15) is 5.26 Å². The van der Waals surface area contributed by atoms with Crippen molar-refractivity contribution in [3.63, 3.8) is 0 Å². The van der Waals surface area contributed by atoms with Crippen molar-refractivity contribution in [1.29, 1.82) is 5.26 Å². The molecule has 0 saturated heterocycles. The van der Waals surface area contributed by atoms with E-state index in [0.29, 0.717) is 5.56 Å². The molecule has 2 unspecified atom stereocenters. The summed E-state index contributed by atoms with van der Waals surface area (Å²) in [4.78, 5) is 2.37. The zero-order valence-corrected chi connectivity index (χ0v) is 13.4. The van der Waals surface area contributed by atoms with Gasteiger partial charge >= 0.3 is 0 Å². The molecule has 3 nitrogen and oxygen atoms in total. The molecule has 110 valence electrons. The Balaban J connectivity index is 2.33. The molecule has 0 saturated carbocycles. The summed E-state index contributed by atoms with van der Waals surface area (Å²) in [6, 6.07) is 11.7. The molecule has 2 N–H and O–H groups in total. The van der Waals surface area contributed by atoms with Gasteiger partial charge in [-0.3, -0.25) is 0 Å². The first kappa shape index (κ1) is 15.6. The molecule has 2 rings (SSSR count). The number of ether oxygens (including phenoxy) is 1. The lowest BCUT2D eigenvalue weighted by Crippen LogP contribution is -2.31. The predicted octanol–water partition coefficient (Wildman–Crippen LogP) is 4.09. The number of benzene rings is 1. The molecule has 0 radical (unpaired) electrons. The van der Waals surface area contributed by atoms with E-state index in [1.165, 1.54) is 4.88 Å². The fraction of sp³-hybridized carbons (Fsp3) is 0.353. The van der Waals surface area contributed by atoms with Gasteiger partial charge in [-0.05, 0) is 50.1 Å². The van der Waals surface area contributed by atoms with Gasteiger partial charge in [0, 0.05) is 15.8 Å². The van der Waals surface area contributed by atoms with Crippen LogP contribution in [0.25, 0.3) is 0 Å². The van der Waals surface area contributed by atoms with Crippen molar-refractivity contribution < 1.29 is 4.74 Å². The summed E-state index contributed by atoms with van der Waals surface area (Å²) >= 11 is 1.70. The molecule has 1 aromatic carbocycles. The number of nitriles is 1. The number of nitrogens with two attached hydrogens (primary N) is 1. The van der Waals surface area contributed by atoms with E-state index < -0.39 is 0 Å². The van der Waals surface area contributed by atoms with Gasteiger partial charge in [0.15, 0.2) is 0 Å². The van der Waals surface area contributed by atoms with Crippen LogP contribution in [0.5, 0.6) is 5.75 Å². The molecule has 0 aliphatic rings. The van der Waals surface area contributed by atoms with Crippen LogP contribution in [0.2, 0.25) is 0 Å². The van der Waals surface area contributed by atoms with Gasteiger partial charge in [0.25, 0.3) is 0 Å². The van der Waals surface area contributed by atoms with Crippen molar-refractivity contribution in [2.75, 3.05) is 0 Å². The Hall–Kier alpha value is -1.83. The van der Waals surface area contributed by atoms with Crippen molar-refractivity contribution in [3.05, 3.63) is 51.2 Å². The number of rotatable bonds is 5. The Morgan fingerprint density at radius 1 is 1.29 bits per heavy atom. The van der Waals surface area contributed by atoms with E-state index >= 15 is 0 Å². The lowest BCUT2D eigenvalue weighted by molar-refractivity contribution is 0.173. The highest BCUT2D eigenvalue weighted by Gasteiger charge is 2.23. The molecule has 0 fully saturated rings. The first-order chi connectivity index (χ1) is 10.0. The van der Waals surface area contributed by atoms with E-state index in [1.807, 2.05) is 13.0 Å². The van der Waals surface area contributed by atoms with E-state index in [4.69, 9.17) is 15.7 Å². The Labute approximate surface area is 130 Å². The smallest absolute Gasteiger partial charge is 0.148 e. The Morgan fingerprint density at radius 3 is 2.62 bits per heavy atom. The zero-order chi connectivity index (χ0) is 15.4. The van der Waals surface area contributed by atoms with Crippen molar-refractivity contribution in [3.8, 4) is 11.8 Å². The fourth-order valence-corrected chi connectivity index (χ4v) is 3.09. The number of thiophene rings is 1. The summed E-state index contributed by atoms with van der Waals surface area (Å²) in [7, 11) is 0. The molecule has 21 heavy (non-hydrogen) atoms. The number of aryl methyl sites for hydroxylation is 2. The van der Waals surface area contributed by atoms with Gasteiger partial charge in [-0.15, -0.1) is 11.3 Å². The van der Waals surface area contributed by atoms with Crippen LogP contribution in [0.3, 0.4) is 0 Å². The third kappa shape index (κ3) is 3.63. The van der Waals surface area contributed by atoms with Crippen LogP contribution in [0, 0.1) is 25.2 Å². The first-order valence-corrected chi connectivity index (χ1v) is 7.86. The van der Waals surface area contributed by atoms with E-state index in [-0.39, 0.29) is 12.1 Å². The van der Waals surface area contributed by atoms with E-state index in [0.717, 1.165) is 22.6 Å². The van der Waals surface area contributed by atoms with Crippen molar-refractivity contribution in [2.45, 2.75) is 39.3 Å². The topological polar surface area (TPSA) is 59.0 Å². The number of hydrogen-bond donors (Lipinski definition) is 1. The fourth-order valence-electron chi connectivity index (χ4n) is 2.11. The van der Waals surface area contributed by atoms with Crippen LogP contribution in [0.15, 0.2) is 30.3 Å². The molecule has 0 amide bonds. The second-order valence-corrected chi connectivity index (χ2v) is 6.47. The van der Waals surface area contributed by atoms with Gasteiger partial charge in [-0.25, -0.2) is 0 Å². The predicted molar refractivity (Wildman–Crippen MR) is 86.6 cm³/mol. The molecule has 2 atom stereocenters. The zero-order valence-electron chi connectivity index (χ0n) is 12.6. The monoisotopic (exact) mass is 300 g/mol. The minimum atomic E-state index is -0.179. The lowest BCUT2D eigenvalue weighted by Gasteiger charge is -2.24. The second kappa shape index (κ2) is 6.75. The largest absolute Gasteiger partial charge is 0.483 e. The third-order valence-corrected chi connectivity index (χ3v) is 4.54. The molecule has 0 spiro atoms. The van der Waals surface area contributed by atoms with Gasteiger partial charge in [-0.1, -0.05) is 13.0 Å². The van der Waals surface area contributed by atoms with Crippen LogP contribution >= 0.6 is 11.3 Å². The van der Waals surface area contributed by atoms with Gasteiger partial charge < -0.3 is 10.5 Å². The third-order valence-electron chi connectivity index (χ3n) is 3.47. The maximum Gasteiger partial charge on any atom is 0.148 e. The Kier molecular flexibility index (Phi) is 5.00. The maximum absolute atomic E-state index is 9.03. The minimum Gasteiger partial charge on any atom is -0.483 e. The van der Waals surface area contributed by atoms with Crippen LogP contribution in [0.1, 0.15) is 40.3 Å². The molecule has 0 aliphatic carbocycles. The van der Waals surface area contributed by atoms with Gasteiger partial charge in [0.1, 0.15) is 11.9 Å². The van der Waals surface area contributed by atoms with Gasteiger partial charge in [0.2, 0.25) is 0 Å². The average molecular weight is 300 g/mol. The standard InChI is InChI=1S/C17H20N2OS/c1-4-14(19)17(16-8-6-12(3)21-16)20-15-9-13(10-18)7-5-11(15)2/h5-9,14,17H,4,19H2,1-3H3. The van der Waals surface area contributed by atoms with Gasteiger partial charge in [0.05, 0.1) is 11.6 Å². The van der Waals surface area contributed by atoms with Crippen molar-refractivity contribution >= 4 is 11.3 Å². The highest BCUT2D eigenvalue weighted by Crippen LogP contribution is 2.32. The molecular weight excluding hydrogens is 280 g/mol. The van der Waals surface area contributed by atoms with Crippen LogP contribution in [-0.2, 0) is 0 Å². The summed E-state index contributed by atoms with van der Waals surface area (Å²) in [6.07, 6.45) is 0.653. The summed E-state index contributed by atoms with van der Waals surface area (Å²) < 4.78 is 6.17. The number of nitrogens with zero attached hydrogens (tertiary/aromatic N) is 1. The molecule has 0 bridgehead atoms. The van der Waals surface area contributed by atoms with Crippen LogP contribution < -0.4 is 10.5 Å². The average Bonchev–Trinajstić information content (AvgIpc) is 2.91. The second-order valence-electron chi connectivity index (χ2n) is 5.15. The molecule has 2 aromatic rings. The molecule has 4 heteroatoms. The van der Waals surface area contributed by atoms with Crippen molar-refractivity contribution in [1.82, 2.24) is 0 Å². The normalized spacial score (nSPS) is 13.5. The molecular formula is C17H20N2OS. The quantitative estimate of drug-likeness (QED) is 0.904. The molecule has 1 heterocycles. The summed E-state index contributed by atoms with van der Waals surface area (Å²) in [5.74, 6) is 0.731. The number of hydrogen-bond acceptors (Lipinski definition) is 4. The highest BCUT2D eigenvalue weighted by molar-refractivity contribution is 7.12. The summed E-state index contributed by atoms with van der Waals surface area (Å²) in [5.41, 5.74) is 7.85. The molecule has 1 aromatic heterocycles.